The topological polar surface area (TPSA) is 52.9 Å². The standard InChI is InChI=1S/C14H16N2O2.V.Yb/c1-4-14(18)16(3)10-15-13-8-6-5-7-12(13)11(2)9-17;;/h4-9,17H,1-3H3;;/q-2;+2;. The number of aliphatic imine (C=N–C) groups is 1. The van der Waals surface area contributed by atoms with Crippen molar-refractivity contribution < 1.29 is 75.4 Å². The first-order chi connectivity index (χ1) is 8.60. The molecule has 113 valence electrons. The zero-order chi connectivity index (χ0) is 13.5. The number of nitrogens with zero attached hydrogens (tertiary/aromatic N) is 2. The molecule has 1 aromatic carbocycles. The van der Waals surface area contributed by atoms with Crippen molar-refractivity contribution in [1.29, 1.82) is 0 Å². The molecule has 1 radical (unpaired) electrons. The Morgan fingerprint density at radius 3 is 2.60 bits per heavy atom. The number of carbonyl (C=O) groups is 1. The first-order valence-corrected chi connectivity index (χ1v) is 5.54. The van der Waals surface area contributed by atoms with E-state index in [1.54, 1.807) is 27.0 Å². The molecule has 0 saturated carbocycles. The van der Waals surface area contributed by atoms with Gasteiger partial charge in [0.1, 0.15) is 0 Å². The van der Waals surface area contributed by atoms with Gasteiger partial charge in [-0.05, 0) is 36.7 Å². The molecule has 6 heteroatoms. The van der Waals surface area contributed by atoms with E-state index in [1.165, 1.54) is 11.3 Å². The fourth-order valence-electron chi connectivity index (χ4n) is 1.35. The minimum atomic E-state index is -0.175. The number of hydrogen-bond acceptors (Lipinski definition) is 3. The summed E-state index contributed by atoms with van der Waals surface area (Å²) in [5.41, 5.74) is 2.15. The maximum atomic E-state index is 11.3. The molecule has 0 saturated heterocycles. The molecule has 0 bridgehead atoms. The van der Waals surface area contributed by atoms with Crippen LogP contribution in [0, 0.1) is 53.3 Å². The minimum Gasteiger partial charge on any atom is -0.515 e. The number of amides is 1. The second-order valence-corrected chi connectivity index (χ2v) is 3.73. The Labute approximate surface area is 170 Å². The van der Waals surface area contributed by atoms with Gasteiger partial charge in [-0.25, -0.2) is 0 Å². The smallest absolute Gasteiger partial charge is 0.515 e. The quantitative estimate of drug-likeness (QED) is 0.243. The zero-order valence-corrected chi connectivity index (χ0v) is 14.5. The summed E-state index contributed by atoms with van der Waals surface area (Å²) < 4.78 is 0. The Kier molecular flexibility index (Phi) is 12.8. The Morgan fingerprint density at radius 1 is 1.45 bits per heavy atom. The first-order valence-electron chi connectivity index (χ1n) is 5.54. The predicted molar refractivity (Wildman–Crippen MR) is 72.6 cm³/mol. The molecular weight excluding hydrogens is 452 g/mol. The van der Waals surface area contributed by atoms with Gasteiger partial charge in [0.2, 0.25) is 0 Å². The summed E-state index contributed by atoms with van der Waals surface area (Å²) in [5, 5.41) is 9.02. The van der Waals surface area contributed by atoms with Gasteiger partial charge in [-0.15, -0.1) is 0 Å². The number of para-hydroxylation sites is 1. The van der Waals surface area contributed by atoms with Gasteiger partial charge in [0, 0.05) is 53.3 Å². The Balaban J connectivity index is 0. The summed E-state index contributed by atoms with van der Waals surface area (Å²) in [7, 11) is 1.59. The molecule has 1 aromatic rings. The maximum Gasteiger partial charge on any atom is 2.00 e. The van der Waals surface area contributed by atoms with Crippen LogP contribution in [0.4, 0.5) is 5.69 Å². The molecule has 0 aliphatic heterocycles. The van der Waals surface area contributed by atoms with Crippen molar-refractivity contribution >= 4 is 23.5 Å². The van der Waals surface area contributed by atoms with Gasteiger partial charge < -0.3 is 26.2 Å². The van der Waals surface area contributed by atoms with Gasteiger partial charge >= 0.3 is 18.6 Å². The van der Waals surface area contributed by atoms with E-state index >= 15 is 0 Å². The Morgan fingerprint density at radius 2 is 2.05 bits per heavy atom. The van der Waals surface area contributed by atoms with Gasteiger partial charge in [0.15, 0.2) is 0 Å². The second kappa shape index (κ2) is 11.5. The minimum absolute atomic E-state index is 0. The van der Waals surface area contributed by atoms with Gasteiger partial charge in [-0.3, -0.25) is 0 Å². The van der Waals surface area contributed by atoms with E-state index in [1.807, 2.05) is 18.2 Å². The fourth-order valence-corrected chi connectivity index (χ4v) is 1.35. The second-order valence-electron chi connectivity index (χ2n) is 3.73. The summed E-state index contributed by atoms with van der Waals surface area (Å²) in [4.78, 5) is 16.7. The van der Waals surface area contributed by atoms with Crippen LogP contribution < -0.4 is 0 Å². The molecule has 0 spiro atoms. The van der Waals surface area contributed by atoms with Gasteiger partial charge in [-0.1, -0.05) is 24.3 Å². The molecule has 0 atom stereocenters. The summed E-state index contributed by atoms with van der Waals surface area (Å²) in [5.74, 6) is -0.175. The van der Waals surface area contributed by atoms with Crippen LogP contribution in [0.15, 0.2) is 35.5 Å². The van der Waals surface area contributed by atoms with Crippen LogP contribution in [-0.4, -0.2) is 29.3 Å². The van der Waals surface area contributed by atoms with E-state index in [0.717, 1.165) is 11.8 Å². The summed E-state index contributed by atoms with van der Waals surface area (Å²) in [6.45, 7) is 3.44. The summed E-state index contributed by atoms with van der Waals surface area (Å²) in [6.07, 6.45) is 5.11. The molecule has 1 amide bonds. The van der Waals surface area contributed by atoms with E-state index in [0.29, 0.717) is 11.3 Å². The normalized spacial score (nSPS) is 10.4. The molecule has 0 heterocycles. The van der Waals surface area contributed by atoms with Crippen LogP contribution in [0.5, 0.6) is 0 Å². The third kappa shape index (κ3) is 6.55. The zero-order valence-electron chi connectivity index (χ0n) is 11.4. The summed E-state index contributed by atoms with van der Waals surface area (Å²) >= 11 is 0. The van der Waals surface area contributed by atoms with Crippen LogP contribution in [0.1, 0.15) is 19.4 Å². The third-order valence-corrected chi connectivity index (χ3v) is 2.42. The van der Waals surface area contributed by atoms with Crippen molar-refractivity contribution in [2.75, 3.05) is 7.05 Å². The molecule has 20 heavy (non-hydrogen) atoms. The molecule has 0 fully saturated rings. The number of aliphatic hydroxyl groups is 1. The monoisotopic (exact) mass is 469 g/mol. The Bertz CT molecular complexity index is 490. The number of allylic oxidation sites excluding steroid dienone is 1. The number of carbonyl (C=O) groups excluding carboxylic acids is 1. The molecule has 0 aliphatic rings. The van der Waals surface area contributed by atoms with Crippen LogP contribution in [0.2, 0.25) is 0 Å². The molecule has 0 unspecified atom stereocenters. The van der Waals surface area contributed by atoms with Crippen LogP contribution >= 0.6 is 0 Å². The van der Waals surface area contributed by atoms with E-state index in [-0.39, 0.29) is 71.4 Å². The van der Waals surface area contributed by atoms with Crippen molar-refractivity contribution in [3.05, 3.63) is 42.5 Å². The van der Waals surface area contributed by atoms with Crippen molar-refractivity contribution in [2.45, 2.75) is 13.8 Å². The SMILES string of the molecule is C[CH-]C(=O)N(C)[C-]=Nc1ccccc1C(C)=CO.[V+2].[Yb]. The van der Waals surface area contributed by atoms with E-state index in [4.69, 9.17) is 5.11 Å². The molecule has 0 aliphatic carbocycles. The largest absolute Gasteiger partial charge is 2.00 e. The van der Waals surface area contributed by atoms with Gasteiger partial charge in [0.05, 0.1) is 6.26 Å². The van der Waals surface area contributed by atoms with Crippen LogP contribution in [0.25, 0.3) is 5.57 Å². The van der Waals surface area contributed by atoms with Crippen molar-refractivity contribution in [3.63, 3.8) is 0 Å². The number of hydrogen-bond donors (Lipinski definition) is 1. The fraction of sp³-hybridized carbons (Fsp3) is 0.214. The third-order valence-electron chi connectivity index (χ3n) is 2.42. The van der Waals surface area contributed by atoms with Crippen molar-refractivity contribution in [2.24, 2.45) is 4.99 Å². The van der Waals surface area contributed by atoms with Crippen LogP contribution in [-0.2, 0) is 23.4 Å². The number of benzene rings is 1. The van der Waals surface area contributed by atoms with Crippen molar-refractivity contribution in [1.82, 2.24) is 4.90 Å². The molecule has 4 nitrogen and oxygen atoms in total. The van der Waals surface area contributed by atoms with E-state index in [2.05, 4.69) is 11.3 Å². The van der Waals surface area contributed by atoms with Crippen molar-refractivity contribution in [3.8, 4) is 0 Å². The average Bonchev–Trinajstić information content (AvgIpc) is 2.43. The van der Waals surface area contributed by atoms with Gasteiger partial charge in [0.25, 0.3) is 0 Å². The summed E-state index contributed by atoms with van der Waals surface area (Å²) in [6, 6.07) is 7.33. The first kappa shape index (κ1) is 22.2. The molecule has 1 N–H and O–H groups in total. The van der Waals surface area contributed by atoms with Gasteiger partial charge in [-0.2, -0.15) is 6.92 Å². The predicted octanol–water partition coefficient (Wildman–Crippen LogP) is 2.82. The average molecular weight is 468 g/mol. The maximum absolute atomic E-state index is 11.3. The number of aliphatic hydroxyl groups excluding tert-OH is 1. The Hall–Kier alpha value is -0.126. The van der Waals surface area contributed by atoms with E-state index < -0.39 is 0 Å². The molecular formula is C14H16N2O2VYb. The van der Waals surface area contributed by atoms with E-state index in [9.17, 15) is 4.79 Å². The van der Waals surface area contributed by atoms with Crippen LogP contribution in [0.3, 0.4) is 0 Å². The molecule has 1 rings (SSSR count). The molecule has 0 aromatic heterocycles. The number of rotatable bonds is 4.